The zero-order chi connectivity index (χ0) is 17.3. The second-order valence-electron chi connectivity index (χ2n) is 5.89. The molecule has 0 aliphatic carbocycles. The van der Waals surface area contributed by atoms with E-state index in [0.717, 1.165) is 16.9 Å². The molecule has 2 aromatic rings. The van der Waals surface area contributed by atoms with Gasteiger partial charge in [0.25, 0.3) is 11.6 Å². The van der Waals surface area contributed by atoms with Crippen LogP contribution >= 0.6 is 11.8 Å². The summed E-state index contributed by atoms with van der Waals surface area (Å²) in [5.41, 5.74) is 3.78. The van der Waals surface area contributed by atoms with Crippen LogP contribution in [0.2, 0.25) is 0 Å². The number of non-ortho nitro benzene ring substituents is 1. The summed E-state index contributed by atoms with van der Waals surface area (Å²) in [6.45, 7) is 4.74. The molecule has 0 aromatic heterocycles. The second kappa shape index (κ2) is 6.65. The van der Waals surface area contributed by atoms with E-state index in [2.05, 4.69) is 25.1 Å². The highest BCUT2D eigenvalue weighted by Crippen LogP contribution is 2.40. The van der Waals surface area contributed by atoms with Crippen LogP contribution in [0.3, 0.4) is 0 Å². The van der Waals surface area contributed by atoms with Gasteiger partial charge in [0.15, 0.2) is 0 Å². The fourth-order valence-electron chi connectivity index (χ4n) is 2.96. The SMILES string of the molecule is Cc1ccc([C@H]2SCCN2C(=O)c2cccc([N+](=O)[O-])c2)c(C)c1. The second-order valence-corrected chi connectivity index (χ2v) is 7.08. The van der Waals surface area contributed by atoms with Crippen LogP contribution in [0.15, 0.2) is 42.5 Å². The largest absolute Gasteiger partial charge is 0.322 e. The standard InChI is InChI=1S/C18H18N2O3S/c1-12-6-7-16(13(2)10-12)18-19(8-9-24-18)17(21)14-4-3-5-15(11-14)20(22)23/h3-7,10-11,18H,8-9H2,1-2H3/t18-/m1/s1. The smallest absolute Gasteiger partial charge is 0.270 e. The first-order valence-electron chi connectivity index (χ1n) is 7.71. The van der Waals surface area contributed by atoms with E-state index in [1.165, 1.54) is 17.7 Å². The predicted molar refractivity (Wildman–Crippen MR) is 95.2 cm³/mol. The number of benzene rings is 2. The summed E-state index contributed by atoms with van der Waals surface area (Å²) in [6.07, 6.45) is 0. The first-order chi connectivity index (χ1) is 11.5. The van der Waals surface area contributed by atoms with E-state index in [-0.39, 0.29) is 17.0 Å². The maximum Gasteiger partial charge on any atom is 0.270 e. The van der Waals surface area contributed by atoms with E-state index < -0.39 is 4.92 Å². The number of nitrogens with zero attached hydrogens (tertiary/aromatic N) is 2. The molecule has 0 saturated carbocycles. The minimum atomic E-state index is -0.475. The van der Waals surface area contributed by atoms with Crippen LogP contribution < -0.4 is 0 Å². The van der Waals surface area contributed by atoms with Crippen LogP contribution in [0.5, 0.6) is 0 Å². The lowest BCUT2D eigenvalue weighted by Gasteiger charge is -2.25. The molecule has 3 rings (SSSR count). The molecule has 1 aliphatic rings. The summed E-state index contributed by atoms with van der Waals surface area (Å²) in [6, 6.07) is 12.2. The number of carbonyl (C=O) groups is 1. The van der Waals surface area contributed by atoms with Crippen molar-refractivity contribution in [3.05, 3.63) is 74.8 Å². The van der Waals surface area contributed by atoms with Crippen molar-refractivity contribution < 1.29 is 9.72 Å². The fraction of sp³-hybridized carbons (Fsp3) is 0.278. The van der Waals surface area contributed by atoms with Gasteiger partial charge in [-0.25, -0.2) is 0 Å². The Labute approximate surface area is 144 Å². The highest BCUT2D eigenvalue weighted by molar-refractivity contribution is 7.99. The Bertz CT molecular complexity index is 807. The molecule has 24 heavy (non-hydrogen) atoms. The molecule has 0 spiro atoms. The molecule has 1 amide bonds. The maximum absolute atomic E-state index is 12.9. The summed E-state index contributed by atoms with van der Waals surface area (Å²) in [5.74, 6) is 0.701. The monoisotopic (exact) mass is 342 g/mol. The zero-order valence-electron chi connectivity index (χ0n) is 13.6. The van der Waals surface area contributed by atoms with Crippen LogP contribution in [0, 0.1) is 24.0 Å². The number of aryl methyl sites for hydroxylation is 2. The Morgan fingerprint density at radius 2 is 2.04 bits per heavy atom. The molecule has 6 heteroatoms. The van der Waals surface area contributed by atoms with Gasteiger partial charge < -0.3 is 4.90 Å². The van der Waals surface area contributed by atoms with E-state index in [0.29, 0.717) is 12.1 Å². The van der Waals surface area contributed by atoms with Crippen LogP contribution in [0.1, 0.15) is 32.4 Å². The maximum atomic E-state index is 12.9. The number of rotatable bonds is 3. The summed E-state index contributed by atoms with van der Waals surface area (Å²) >= 11 is 1.73. The van der Waals surface area contributed by atoms with Crippen LogP contribution in [-0.2, 0) is 0 Å². The van der Waals surface area contributed by atoms with Gasteiger partial charge in [-0.15, -0.1) is 11.8 Å². The van der Waals surface area contributed by atoms with Gasteiger partial charge in [0.1, 0.15) is 5.37 Å². The van der Waals surface area contributed by atoms with Crippen molar-refractivity contribution in [3.8, 4) is 0 Å². The fourth-order valence-corrected chi connectivity index (χ4v) is 4.31. The Morgan fingerprint density at radius 1 is 1.25 bits per heavy atom. The number of nitro benzene ring substituents is 1. The lowest BCUT2D eigenvalue weighted by Crippen LogP contribution is -2.30. The summed E-state index contributed by atoms with van der Waals surface area (Å²) in [7, 11) is 0. The minimum absolute atomic E-state index is 0.0441. The molecule has 1 atom stereocenters. The van der Waals surface area contributed by atoms with Gasteiger partial charge in [-0.2, -0.15) is 0 Å². The van der Waals surface area contributed by atoms with Gasteiger partial charge >= 0.3 is 0 Å². The van der Waals surface area contributed by atoms with Crippen molar-refractivity contribution in [2.45, 2.75) is 19.2 Å². The number of hydrogen-bond acceptors (Lipinski definition) is 4. The predicted octanol–water partition coefficient (Wildman–Crippen LogP) is 4.10. The highest BCUT2D eigenvalue weighted by atomic mass is 32.2. The molecule has 0 N–H and O–H groups in total. The number of amides is 1. The Balaban J connectivity index is 1.91. The van der Waals surface area contributed by atoms with Gasteiger partial charge in [0, 0.05) is 30.0 Å². The number of hydrogen-bond donors (Lipinski definition) is 0. The third-order valence-corrected chi connectivity index (χ3v) is 5.39. The molecular formula is C18H18N2O3S. The first kappa shape index (κ1) is 16.5. The molecule has 124 valence electrons. The molecule has 1 heterocycles. The molecule has 0 unspecified atom stereocenters. The van der Waals surface area contributed by atoms with Crippen molar-refractivity contribution in [1.82, 2.24) is 4.90 Å². The van der Waals surface area contributed by atoms with Crippen LogP contribution in [-0.4, -0.2) is 28.0 Å². The number of carbonyl (C=O) groups excluding carboxylic acids is 1. The third kappa shape index (κ3) is 3.14. The Kier molecular flexibility index (Phi) is 4.57. The molecule has 1 fully saturated rings. The molecular weight excluding hydrogens is 324 g/mol. The molecule has 0 radical (unpaired) electrons. The van der Waals surface area contributed by atoms with E-state index in [1.54, 1.807) is 28.8 Å². The van der Waals surface area contributed by atoms with E-state index in [1.807, 2.05) is 6.92 Å². The summed E-state index contributed by atoms with van der Waals surface area (Å²) in [5, 5.41) is 10.9. The average molecular weight is 342 g/mol. The molecule has 0 bridgehead atoms. The lowest BCUT2D eigenvalue weighted by molar-refractivity contribution is -0.384. The van der Waals surface area contributed by atoms with Crippen molar-refractivity contribution in [2.75, 3.05) is 12.3 Å². The number of thioether (sulfide) groups is 1. The normalized spacial score (nSPS) is 17.1. The Morgan fingerprint density at radius 3 is 2.75 bits per heavy atom. The third-order valence-electron chi connectivity index (χ3n) is 4.15. The first-order valence-corrected chi connectivity index (χ1v) is 8.76. The molecule has 5 nitrogen and oxygen atoms in total. The van der Waals surface area contributed by atoms with Crippen LogP contribution in [0.25, 0.3) is 0 Å². The van der Waals surface area contributed by atoms with E-state index in [9.17, 15) is 14.9 Å². The lowest BCUT2D eigenvalue weighted by atomic mass is 10.0. The summed E-state index contributed by atoms with van der Waals surface area (Å²) in [4.78, 5) is 25.1. The molecule has 1 aliphatic heterocycles. The Hall–Kier alpha value is -2.34. The van der Waals surface area contributed by atoms with Crippen molar-refractivity contribution >= 4 is 23.4 Å². The zero-order valence-corrected chi connectivity index (χ0v) is 14.4. The van der Waals surface area contributed by atoms with E-state index in [4.69, 9.17) is 0 Å². The van der Waals surface area contributed by atoms with Crippen LogP contribution in [0.4, 0.5) is 5.69 Å². The molecule has 2 aromatic carbocycles. The minimum Gasteiger partial charge on any atom is -0.322 e. The van der Waals surface area contributed by atoms with Gasteiger partial charge in [0.2, 0.25) is 0 Å². The van der Waals surface area contributed by atoms with Gasteiger partial charge in [-0.1, -0.05) is 29.8 Å². The number of nitro groups is 1. The summed E-state index contributed by atoms with van der Waals surface area (Å²) < 4.78 is 0. The molecule has 1 saturated heterocycles. The highest BCUT2D eigenvalue weighted by Gasteiger charge is 2.32. The van der Waals surface area contributed by atoms with Gasteiger partial charge in [-0.3, -0.25) is 14.9 Å². The van der Waals surface area contributed by atoms with Gasteiger partial charge in [0.05, 0.1) is 4.92 Å². The van der Waals surface area contributed by atoms with Gasteiger partial charge in [-0.05, 0) is 31.0 Å². The van der Waals surface area contributed by atoms with Crippen molar-refractivity contribution in [3.63, 3.8) is 0 Å². The van der Waals surface area contributed by atoms with E-state index >= 15 is 0 Å². The topological polar surface area (TPSA) is 63.5 Å². The van der Waals surface area contributed by atoms with Crippen molar-refractivity contribution in [1.29, 1.82) is 0 Å². The quantitative estimate of drug-likeness (QED) is 0.622. The average Bonchev–Trinajstić information content (AvgIpc) is 3.03. The van der Waals surface area contributed by atoms with Crippen molar-refractivity contribution in [2.24, 2.45) is 0 Å².